The summed E-state index contributed by atoms with van der Waals surface area (Å²) in [5.41, 5.74) is 2.49. The van der Waals surface area contributed by atoms with Crippen molar-refractivity contribution in [1.29, 1.82) is 0 Å². The summed E-state index contributed by atoms with van der Waals surface area (Å²) in [5, 5.41) is 5.27. The minimum absolute atomic E-state index is 0.0677. The van der Waals surface area contributed by atoms with Crippen LogP contribution in [0, 0.1) is 0 Å². The summed E-state index contributed by atoms with van der Waals surface area (Å²) < 4.78 is 10.2. The van der Waals surface area contributed by atoms with Crippen molar-refractivity contribution in [2.45, 2.75) is 38.8 Å². The van der Waals surface area contributed by atoms with Crippen molar-refractivity contribution >= 4 is 12.0 Å². The molecule has 2 aromatic rings. The van der Waals surface area contributed by atoms with Crippen molar-refractivity contribution < 1.29 is 19.1 Å². The number of methoxy groups -OCH3 is 1. The number of amides is 2. The lowest BCUT2D eigenvalue weighted by molar-refractivity contribution is -0.124. The monoisotopic (exact) mass is 384 g/mol. The highest BCUT2D eigenvalue weighted by Crippen LogP contribution is 2.20. The van der Waals surface area contributed by atoms with Gasteiger partial charge in [-0.3, -0.25) is 4.79 Å². The molecule has 0 saturated carbocycles. The van der Waals surface area contributed by atoms with Gasteiger partial charge in [-0.15, -0.1) is 0 Å². The highest BCUT2D eigenvalue weighted by atomic mass is 16.6. The molecule has 0 radical (unpaired) electrons. The number of rotatable bonds is 7. The standard InChI is InChI=1S/C22H28N2O4/c1-22(2,3)28-21(26)24-19(20(25)23-15-27-4)14-16-10-12-18(13-11-16)17-8-6-5-7-9-17/h5-13,19H,14-15H2,1-4H3,(H,23,25)(H,24,26)/t19-/m1/s1. The van der Waals surface area contributed by atoms with Gasteiger partial charge in [-0.2, -0.15) is 0 Å². The summed E-state index contributed by atoms with van der Waals surface area (Å²) in [6, 6.07) is 17.2. The van der Waals surface area contributed by atoms with Crippen LogP contribution >= 0.6 is 0 Å². The van der Waals surface area contributed by atoms with Crippen LogP contribution in [0.5, 0.6) is 0 Å². The number of carbonyl (C=O) groups is 2. The van der Waals surface area contributed by atoms with Gasteiger partial charge in [0.25, 0.3) is 0 Å². The zero-order valence-electron chi connectivity index (χ0n) is 16.8. The molecule has 6 heteroatoms. The normalized spacial score (nSPS) is 12.1. The van der Waals surface area contributed by atoms with E-state index in [-0.39, 0.29) is 12.6 Å². The van der Waals surface area contributed by atoms with E-state index in [1.165, 1.54) is 7.11 Å². The number of ether oxygens (including phenoxy) is 2. The fourth-order valence-electron chi connectivity index (χ4n) is 2.63. The third-order valence-electron chi connectivity index (χ3n) is 3.90. The Morgan fingerprint density at radius 1 is 0.964 bits per heavy atom. The number of hydrogen-bond acceptors (Lipinski definition) is 4. The molecule has 0 spiro atoms. The molecule has 1 atom stereocenters. The van der Waals surface area contributed by atoms with Gasteiger partial charge in [0.15, 0.2) is 0 Å². The first-order chi connectivity index (χ1) is 13.3. The lowest BCUT2D eigenvalue weighted by Crippen LogP contribution is -2.49. The van der Waals surface area contributed by atoms with Crippen LogP contribution < -0.4 is 10.6 Å². The van der Waals surface area contributed by atoms with Crippen LogP contribution in [-0.4, -0.2) is 37.5 Å². The fourth-order valence-corrected chi connectivity index (χ4v) is 2.63. The van der Waals surface area contributed by atoms with Gasteiger partial charge in [0.2, 0.25) is 5.91 Å². The number of carbonyl (C=O) groups excluding carboxylic acids is 2. The third-order valence-corrected chi connectivity index (χ3v) is 3.90. The Hall–Kier alpha value is -2.86. The lowest BCUT2D eigenvalue weighted by atomic mass is 10.0. The Balaban J connectivity index is 2.10. The zero-order chi connectivity index (χ0) is 20.6. The van der Waals surface area contributed by atoms with E-state index in [0.29, 0.717) is 6.42 Å². The van der Waals surface area contributed by atoms with Crippen LogP contribution in [-0.2, 0) is 20.7 Å². The van der Waals surface area contributed by atoms with Crippen molar-refractivity contribution in [3.05, 3.63) is 60.2 Å². The first-order valence-corrected chi connectivity index (χ1v) is 9.19. The average Bonchev–Trinajstić information content (AvgIpc) is 2.65. The van der Waals surface area contributed by atoms with Crippen LogP contribution in [0.15, 0.2) is 54.6 Å². The Morgan fingerprint density at radius 3 is 2.14 bits per heavy atom. The Morgan fingerprint density at radius 2 is 1.57 bits per heavy atom. The second kappa shape index (κ2) is 9.90. The molecule has 0 aliphatic carbocycles. The molecule has 150 valence electrons. The molecule has 0 heterocycles. The SMILES string of the molecule is COCNC(=O)[C@@H](Cc1ccc(-c2ccccc2)cc1)NC(=O)OC(C)(C)C. The first-order valence-electron chi connectivity index (χ1n) is 9.19. The van der Waals surface area contributed by atoms with Gasteiger partial charge in [-0.05, 0) is 37.5 Å². The molecule has 0 fully saturated rings. The van der Waals surface area contributed by atoms with Gasteiger partial charge >= 0.3 is 6.09 Å². The molecule has 2 rings (SSSR count). The number of benzene rings is 2. The average molecular weight is 384 g/mol. The minimum atomic E-state index is -0.771. The van der Waals surface area contributed by atoms with Crippen molar-refractivity contribution in [1.82, 2.24) is 10.6 Å². The molecule has 0 aliphatic rings. The molecule has 2 amide bonds. The van der Waals surface area contributed by atoms with Gasteiger partial charge in [0.1, 0.15) is 18.4 Å². The van der Waals surface area contributed by atoms with Crippen LogP contribution in [0.2, 0.25) is 0 Å². The molecule has 0 saturated heterocycles. The highest BCUT2D eigenvalue weighted by Gasteiger charge is 2.24. The largest absolute Gasteiger partial charge is 0.444 e. The van der Waals surface area contributed by atoms with E-state index >= 15 is 0 Å². The van der Waals surface area contributed by atoms with E-state index in [1.807, 2.05) is 54.6 Å². The van der Waals surface area contributed by atoms with Gasteiger partial charge in [0, 0.05) is 13.5 Å². The number of alkyl carbamates (subject to hydrolysis) is 1. The third kappa shape index (κ3) is 7.04. The van der Waals surface area contributed by atoms with Gasteiger partial charge in [-0.1, -0.05) is 54.6 Å². The summed E-state index contributed by atoms with van der Waals surface area (Å²) >= 11 is 0. The van der Waals surface area contributed by atoms with E-state index in [4.69, 9.17) is 9.47 Å². The minimum Gasteiger partial charge on any atom is -0.444 e. The maximum Gasteiger partial charge on any atom is 0.408 e. The molecule has 0 bridgehead atoms. The predicted octanol–water partition coefficient (Wildman–Crippen LogP) is 3.51. The molecule has 0 unspecified atom stereocenters. The maximum absolute atomic E-state index is 12.4. The van der Waals surface area contributed by atoms with Crippen LogP contribution in [0.4, 0.5) is 4.79 Å². The van der Waals surface area contributed by atoms with Crippen molar-refractivity contribution in [3.63, 3.8) is 0 Å². The second-order valence-electron chi connectivity index (χ2n) is 7.44. The van der Waals surface area contributed by atoms with Crippen molar-refractivity contribution in [2.24, 2.45) is 0 Å². The molecule has 0 aromatic heterocycles. The van der Waals surface area contributed by atoms with Gasteiger partial charge < -0.3 is 20.1 Å². The fraction of sp³-hybridized carbons (Fsp3) is 0.364. The zero-order valence-corrected chi connectivity index (χ0v) is 16.8. The Labute approximate surface area is 166 Å². The van der Waals surface area contributed by atoms with E-state index in [0.717, 1.165) is 16.7 Å². The molecule has 28 heavy (non-hydrogen) atoms. The van der Waals surface area contributed by atoms with E-state index in [9.17, 15) is 9.59 Å². The lowest BCUT2D eigenvalue weighted by Gasteiger charge is -2.23. The Bertz CT molecular complexity index is 767. The predicted molar refractivity (Wildman–Crippen MR) is 109 cm³/mol. The summed E-state index contributed by atoms with van der Waals surface area (Å²) in [6.45, 7) is 5.39. The topological polar surface area (TPSA) is 76.7 Å². The van der Waals surface area contributed by atoms with Crippen molar-refractivity contribution in [2.75, 3.05) is 13.8 Å². The smallest absolute Gasteiger partial charge is 0.408 e. The highest BCUT2D eigenvalue weighted by molar-refractivity contribution is 5.86. The summed E-state index contributed by atoms with van der Waals surface area (Å²) in [4.78, 5) is 24.6. The van der Waals surface area contributed by atoms with Gasteiger partial charge in [0.05, 0.1) is 0 Å². The molecular formula is C22H28N2O4. The quantitative estimate of drug-likeness (QED) is 0.716. The van der Waals surface area contributed by atoms with E-state index in [2.05, 4.69) is 10.6 Å². The second-order valence-corrected chi connectivity index (χ2v) is 7.44. The maximum atomic E-state index is 12.4. The summed E-state index contributed by atoms with van der Waals surface area (Å²) in [5.74, 6) is -0.333. The summed E-state index contributed by atoms with van der Waals surface area (Å²) in [6.07, 6.45) is -0.296. The molecule has 0 aliphatic heterocycles. The molecule has 2 aromatic carbocycles. The molecular weight excluding hydrogens is 356 g/mol. The van der Waals surface area contributed by atoms with E-state index < -0.39 is 17.7 Å². The van der Waals surface area contributed by atoms with Crippen LogP contribution in [0.25, 0.3) is 11.1 Å². The Kier molecular flexibility index (Phi) is 7.58. The number of nitrogens with one attached hydrogen (secondary N) is 2. The van der Waals surface area contributed by atoms with Crippen molar-refractivity contribution in [3.8, 4) is 11.1 Å². The number of hydrogen-bond donors (Lipinski definition) is 2. The van der Waals surface area contributed by atoms with E-state index in [1.54, 1.807) is 20.8 Å². The summed E-state index contributed by atoms with van der Waals surface area (Å²) in [7, 11) is 1.49. The van der Waals surface area contributed by atoms with Crippen LogP contribution in [0.1, 0.15) is 26.3 Å². The molecule has 6 nitrogen and oxygen atoms in total. The molecule has 2 N–H and O–H groups in total. The van der Waals surface area contributed by atoms with Gasteiger partial charge in [-0.25, -0.2) is 4.79 Å². The van der Waals surface area contributed by atoms with Crippen LogP contribution in [0.3, 0.4) is 0 Å². The first kappa shape index (κ1) is 21.4.